The van der Waals surface area contributed by atoms with Crippen LogP contribution in [0.4, 0.5) is 5.69 Å². The van der Waals surface area contributed by atoms with Crippen molar-refractivity contribution in [2.75, 3.05) is 24.5 Å². The molecule has 1 aliphatic carbocycles. The molecule has 1 saturated heterocycles. The number of fused-ring (bicyclic) bond motifs is 2. The zero-order valence-corrected chi connectivity index (χ0v) is 19.8. The van der Waals surface area contributed by atoms with Gasteiger partial charge >= 0.3 is 0 Å². The Labute approximate surface area is 200 Å². The zero-order valence-electron chi connectivity index (χ0n) is 19.1. The molecule has 2 aromatic rings. The molecule has 1 spiro atoms. The van der Waals surface area contributed by atoms with Crippen molar-refractivity contribution < 1.29 is 9.59 Å². The molecule has 6 nitrogen and oxygen atoms in total. The van der Waals surface area contributed by atoms with Gasteiger partial charge in [0.15, 0.2) is 0 Å². The van der Waals surface area contributed by atoms with Gasteiger partial charge in [-0.3, -0.25) is 14.6 Å². The number of piperidine rings is 1. The quantitative estimate of drug-likeness (QED) is 0.714. The summed E-state index contributed by atoms with van der Waals surface area (Å²) < 4.78 is 0. The lowest BCUT2D eigenvalue weighted by Crippen LogP contribution is -2.48. The fourth-order valence-corrected chi connectivity index (χ4v) is 6.02. The Hall–Kier alpha value is -2.44. The molecule has 1 aromatic carbocycles. The number of aryl methyl sites for hydroxylation is 1. The Bertz CT molecular complexity index is 1060. The van der Waals surface area contributed by atoms with Gasteiger partial charge in [0.25, 0.3) is 5.91 Å². The maximum Gasteiger partial charge on any atom is 0.253 e. The summed E-state index contributed by atoms with van der Waals surface area (Å²) >= 11 is 6.03. The number of para-hydroxylation sites is 1. The van der Waals surface area contributed by atoms with E-state index in [0.717, 1.165) is 63.8 Å². The molecule has 0 atom stereocenters. The third kappa shape index (κ3) is 4.15. The number of aromatic nitrogens is 1. The van der Waals surface area contributed by atoms with Gasteiger partial charge in [0.1, 0.15) is 0 Å². The summed E-state index contributed by atoms with van der Waals surface area (Å²) in [5.41, 5.74) is 3.18. The minimum absolute atomic E-state index is 0.109. The lowest BCUT2D eigenvalue weighted by atomic mass is 9.74. The lowest BCUT2D eigenvalue weighted by Gasteiger charge is -2.35. The zero-order chi connectivity index (χ0) is 23.0. The van der Waals surface area contributed by atoms with E-state index in [1.165, 1.54) is 5.56 Å². The third-order valence-electron chi connectivity index (χ3n) is 7.74. The van der Waals surface area contributed by atoms with Gasteiger partial charge in [-0.2, -0.15) is 0 Å². The van der Waals surface area contributed by atoms with Gasteiger partial charge in [-0.1, -0.05) is 29.8 Å². The van der Waals surface area contributed by atoms with E-state index in [0.29, 0.717) is 22.2 Å². The van der Waals surface area contributed by atoms with Crippen molar-refractivity contribution in [2.45, 2.75) is 56.9 Å². The molecule has 2 aliphatic heterocycles. The monoisotopic (exact) mass is 466 g/mol. The van der Waals surface area contributed by atoms with Gasteiger partial charge in [-0.05, 0) is 82.2 Å². The van der Waals surface area contributed by atoms with Gasteiger partial charge in [-0.15, -0.1) is 0 Å². The normalized spacial score (nSPS) is 24.1. The largest absolute Gasteiger partial charge is 0.349 e. The Morgan fingerprint density at radius 2 is 1.94 bits per heavy atom. The van der Waals surface area contributed by atoms with Crippen LogP contribution in [0.5, 0.6) is 0 Å². The Balaban J connectivity index is 1.22. The van der Waals surface area contributed by atoms with Crippen LogP contribution < -0.4 is 15.5 Å². The summed E-state index contributed by atoms with van der Waals surface area (Å²) in [5, 5.41) is 7.04. The van der Waals surface area contributed by atoms with E-state index >= 15 is 0 Å². The fraction of sp³-hybridized carbons (Fsp3) is 0.500. The first-order chi connectivity index (χ1) is 16.0. The van der Waals surface area contributed by atoms with Crippen LogP contribution in [0.25, 0.3) is 0 Å². The average Bonchev–Trinajstić information content (AvgIpc) is 3.05. The fourth-order valence-electron chi connectivity index (χ4n) is 5.86. The minimum atomic E-state index is -0.351. The van der Waals surface area contributed by atoms with Crippen LogP contribution in [0.3, 0.4) is 0 Å². The molecule has 33 heavy (non-hydrogen) atoms. The third-order valence-corrected chi connectivity index (χ3v) is 7.95. The maximum absolute atomic E-state index is 13.7. The van der Waals surface area contributed by atoms with Gasteiger partial charge < -0.3 is 15.5 Å². The van der Waals surface area contributed by atoms with Crippen LogP contribution in [0.1, 0.15) is 60.1 Å². The average molecular weight is 467 g/mol. The highest BCUT2D eigenvalue weighted by atomic mass is 35.5. The second-order valence-electron chi connectivity index (χ2n) is 9.74. The van der Waals surface area contributed by atoms with Crippen LogP contribution in [-0.4, -0.2) is 42.5 Å². The first-order valence-corrected chi connectivity index (χ1v) is 12.4. The molecule has 0 radical (unpaired) electrons. The van der Waals surface area contributed by atoms with Crippen LogP contribution in [0.2, 0.25) is 5.02 Å². The summed E-state index contributed by atoms with van der Waals surface area (Å²) in [6.07, 6.45) is 7.14. The topological polar surface area (TPSA) is 74.3 Å². The van der Waals surface area contributed by atoms with Crippen molar-refractivity contribution in [1.82, 2.24) is 15.6 Å². The smallest absolute Gasteiger partial charge is 0.253 e. The number of hydrogen-bond acceptors (Lipinski definition) is 4. The van der Waals surface area contributed by atoms with E-state index in [9.17, 15) is 9.59 Å². The summed E-state index contributed by atoms with van der Waals surface area (Å²) in [5.74, 6) is 0.619. The van der Waals surface area contributed by atoms with Gasteiger partial charge in [-0.25, -0.2) is 0 Å². The van der Waals surface area contributed by atoms with E-state index in [4.69, 9.17) is 11.6 Å². The van der Waals surface area contributed by atoms with Crippen molar-refractivity contribution in [3.63, 3.8) is 0 Å². The molecule has 1 aromatic heterocycles. The summed E-state index contributed by atoms with van der Waals surface area (Å²) in [6, 6.07) is 10.2. The Kier molecular flexibility index (Phi) is 6.14. The summed E-state index contributed by atoms with van der Waals surface area (Å²) in [7, 11) is 0. The highest BCUT2D eigenvalue weighted by Crippen LogP contribution is 2.47. The van der Waals surface area contributed by atoms with E-state index in [2.05, 4.69) is 38.7 Å². The van der Waals surface area contributed by atoms with Crippen molar-refractivity contribution in [1.29, 1.82) is 0 Å². The minimum Gasteiger partial charge on any atom is -0.349 e. The number of anilines is 1. The predicted molar refractivity (Wildman–Crippen MR) is 130 cm³/mol. The number of rotatable bonds is 4. The van der Waals surface area contributed by atoms with E-state index in [1.54, 1.807) is 12.3 Å². The van der Waals surface area contributed by atoms with E-state index in [1.807, 2.05) is 13.0 Å². The number of benzene rings is 1. The molecule has 5 rings (SSSR count). The Morgan fingerprint density at radius 3 is 2.70 bits per heavy atom. The van der Waals surface area contributed by atoms with Crippen LogP contribution in [-0.2, 0) is 10.2 Å². The van der Waals surface area contributed by atoms with E-state index in [-0.39, 0.29) is 23.3 Å². The highest BCUT2D eigenvalue weighted by molar-refractivity contribution is 6.30. The van der Waals surface area contributed by atoms with Crippen molar-refractivity contribution >= 4 is 29.1 Å². The van der Waals surface area contributed by atoms with Gasteiger partial charge in [0, 0.05) is 24.5 Å². The molecule has 2 amide bonds. The number of pyridine rings is 1. The molecule has 0 unspecified atom stereocenters. The predicted octanol–water partition coefficient (Wildman–Crippen LogP) is 4.00. The first-order valence-electron chi connectivity index (χ1n) is 12.0. The summed E-state index contributed by atoms with van der Waals surface area (Å²) in [6.45, 7) is 4.37. The van der Waals surface area contributed by atoms with Gasteiger partial charge in [0.2, 0.25) is 5.91 Å². The number of carbonyl (C=O) groups is 2. The molecule has 2 fully saturated rings. The molecular weight excluding hydrogens is 436 g/mol. The molecule has 174 valence electrons. The van der Waals surface area contributed by atoms with Crippen LogP contribution >= 0.6 is 11.6 Å². The maximum atomic E-state index is 13.7. The summed E-state index contributed by atoms with van der Waals surface area (Å²) in [4.78, 5) is 32.6. The number of amides is 2. The molecule has 3 aliphatic rings. The molecule has 7 heteroatoms. The van der Waals surface area contributed by atoms with Gasteiger partial charge in [0.05, 0.1) is 21.7 Å². The molecule has 1 saturated carbocycles. The number of hydrogen-bond donors (Lipinski definition) is 2. The molecule has 0 bridgehead atoms. The molecule has 3 heterocycles. The number of halogens is 1. The number of nitrogens with zero attached hydrogens (tertiary/aromatic N) is 2. The highest BCUT2D eigenvalue weighted by Gasteiger charge is 2.51. The second-order valence-corrected chi connectivity index (χ2v) is 10.2. The first kappa shape index (κ1) is 22.4. The van der Waals surface area contributed by atoms with Crippen molar-refractivity contribution in [3.8, 4) is 0 Å². The lowest BCUT2D eigenvalue weighted by molar-refractivity contribution is -0.124. The Morgan fingerprint density at radius 1 is 1.21 bits per heavy atom. The SMILES string of the molecule is Cc1ncc(Cl)cc1C(=O)NC1CCC(CN2C(=O)C3(CCNCC3)c3ccccc32)CC1. The van der Waals surface area contributed by atoms with Crippen LogP contribution in [0.15, 0.2) is 36.5 Å². The molecule has 2 N–H and O–H groups in total. The van der Waals surface area contributed by atoms with Crippen molar-refractivity contribution in [2.24, 2.45) is 5.92 Å². The van der Waals surface area contributed by atoms with Crippen molar-refractivity contribution in [3.05, 3.63) is 58.4 Å². The second kappa shape index (κ2) is 9.07. The number of nitrogens with one attached hydrogen (secondary N) is 2. The standard InChI is InChI=1S/C26H31ClN4O2/c1-17-21(14-19(27)15-29-17)24(32)30-20-8-6-18(7-9-20)16-31-23-5-3-2-4-22(23)26(25(31)33)10-12-28-13-11-26/h2-5,14-15,18,20,28H,6-13,16H2,1H3,(H,30,32). The van der Waals surface area contributed by atoms with Crippen LogP contribution in [0, 0.1) is 12.8 Å². The number of carbonyl (C=O) groups excluding carboxylic acids is 2. The molecular formula is C26H31ClN4O2. The van der Waals surface area contributed by atoms with E-state index < -0.39 is 0 Å².